The fourth-order valence-electron chi connectivity index (χ4n) is 5.83. The van der Waals surface area contributed by atoms with Gasteiger partial charge in [0.25, 0.3) is 11.4 Å². The second-order valence-corrected chi connectivity index (χ2v) is 13.9. The van der Waals surface area contributed by atoms with Crippen molar-refractivity contribution < 1.29 is 29.0 Å². The van der Waals surface area contributed by atoms with Gasteiger partial charge in [0.1, 0.15) is 12.1 Å². The summed E-state index contributed by atoms with van der Waals surface area (Å²) in [4.78, 5) is 77.7. The zero-order valence-corrected chi connectivity index (χ0v) is 28.4. The number of piperazine rings is 2. The molecule has 2 saturated carbocycles. The second-order valence-electron chi connectivity index (χ2n) is 12.8. The van der Waals surface area contributed by atoms with Gasteiger partial charge in [-0.15, -0.1) is 0 Å². The van der Waals surface area contributed by atoms with Crippen molar-refractivity contribution in [3.05, 3.63) is 79.9 Å². The summed E-state index contributed by atoms with van der Waals surface area (Å²) < 4.78 is 0. The molecule has 2 aliphatic carbocycles. The predicted octanol–water partition coefficient (Wildman–Crippen LogP) is 1.84. The van der Waals surface area contributed by atoms with Gasteiger partial charge in [-0.25, -0.2) is 0 Å². The SMILES string of the molecule is O=C(NC1CC1)C1CNCCN1C(=O)/C=C/c1ccc(Sc2ccc(/C=C/C(=O)N3CCNCC3C(=O)NC3CC3)cc2[N+](=O)[O-])c([N+](=O)[O-])c1. The van der Waals surface area contributed by atoms with Gasteiger partial charge in [-0.05, 0) is 61.1 Å². The number of nitrogens with one attached hydrogen (secondary N) is 4. The van der Waals surface area contributed by atoms with E-state index in [9.17, 15) is 39.4 Å². The van der Waals surface area contributed by atoms with Gasteiger partial charge in [0, 0.05) is 75.6 Å². The fraction of sp³-hybridized carbons (Fsp3) is 0.412. The van der Waals surface area contributed by atoms with Crippen molar-refractivity contribution in [1.82, 2.24) is 31.1 Å². The summed E-state index contributed by atoms with van der Waals surface area (Å²) in [5.41, 5.74) is 0.118. The molecule has 17 heteroatoms. The van der Waals surface area contributed by atoms with Crippen molar-refractivity contribution in [3.63, 3.8) is 0 Å². The Hall–Kier alpha value is -5.13. The van der Waals surface area contributed by atoms with Crippen LogP contribution in [0.2, 0.25) is 0 Å². The lowest BCUT2D eigenvalue weighted by molar-refractivity contribution is -0.388. The monoisotopic (exact) mass is 718 g/mol. The highest BCUT2D eigenvalue weighted by atomic mass is 32.2. The first-order chi connectivity index (χ1) is 24.6. The van der Waals surface area contributed by atoms with E-state index in [1.807, 2.05) is 0 Å². The van der Waals surface area contributed by atoms with Crippen LogP contribution in [-0.4, -0.2) is 107 Å². The Labute approximate surface area is 297 Å². The number of benzene rings is 2. The number of nitro benzene ring substituents is 2. The van der Waals surface area contributed by atoms with Crippen LogP contribution in [-0.2, 0) is 19.2 Å². The third-order valence-electron chi connectivity index (χ3n) is 8.92. The molecule has 2 aromatic carbocycles. The maximum Gasteiger partial charge on any atom is 0.283 e. The Kier molecular flexibility index (Phi) is 11.1. The van der Waals surface area contributed by atoms with E-state index in [1.165, 1.54) is 58.4 Å². The highest BCUT2D eigenvalue weighted by Crippen LogP contribution is 2.40. The Balaban J connectivity index is 1.14. The van der Waals surface area contributed by atoms with Gasteiger partial charge in [0.15, 0.2) is 0 Å². The molecule has 2 saturated heterocycles. The summed E-state index contributed by atoms with van der Waals surface area (Å²) in [6.07, 6.45) is 9.13. The summed E-state index contributed by atoms with van der Waals surface area (Å²) in [6, 6.07) is 7.60. The van der Waals surface area contributed by atoms with Gasteiger partial charge in [-0.2, -0.15) is 0 Å². The van der Waals surface area contributed by atoms with E-state index in [0.29, 0.717) is 50.4 Å². The van der Waals surface area contributed by atoms with Crippen molar-refractivity contribution in [3.8, 4) is 0 Å². The van der Waals surface area contributed by atoms with E-state index in [0.717, 1.165) is 37.4 Å². The van der Waals surface area contributed by atoms with Crippen LogP contribution < -0.4 is 21.3 Å². The van der Waals surface area contributed by atoms with E-state index >= 15 is 0 Å². The van der Waals surface area contributed by atoms with Gasteiger partial charge in [-0.1, -0.05) is 23.9 Å². The number of carbonyl (C=O) groups excluding carboxylic acids is 4. The highest BCUT2D eigenvalue weighted by molar-refractivity contribution is 7.99. The molecule has 4 amide bonds. The maximum atomic E-state index is 13.1. The summed E-state index contributed by atoms with van der Waals surface area (Å²) in [7, 11) is 0. The number of hydrogen-bond donors (Lipinski definition) is 4. The van der Waals surface area contributed by atoms with Crippen LogP contribution >= 0.6 is 11.8 Å². The van der Waals surface area contributed by atoms with Crippen molar-refractivity contribution in [2.75, 3.05) is 39.3 Å². The largest absolute Gasteiger partial charge is 0.352 e. The molecule has 4 N–H and O–H groups in total. The molecule has 0 aromatic heterocycles. The molecule has 4 aliphatic rings. The van der Waals surface area contributed by atoms with Crippen LogP contribution in [0.25, 0.3) is 12.2 Å². The number of rotatable bonds is 12. The van der Waals surface area contributed by atoms with E-state index in [-0.39, 0.29) is 45.1 Å². The molecule has 51 heavy (non-hydrogen) atoms. The number of amides is 4. The van der Waals surface area contributed by atoms with Crippen molar-refractivity contribution in [1.29, 1.82) is 0 Å². The molecule has 2 aliphatic heterocycles. The number of nitrogens with zero attached hydrogens (tertiary/aromatic N) is 4. The average molecular weight is 719 g/mol. The first-order valence-electron chi connectivity index (χ1n) is 16.8. The number of hydrogen-bond acceptors (Lipinski definition) is 11. The van der Waals surface area contributed by atoms with Crippen LogP contribution in [0.15, 0.2) is 58.3 Å². The zero-order valence-electron chi connectivity index (χ0n) is 27.6. The van der Waals surface area contributed by atoms with Gasteiger partial charge < -0.3 is 31.1 Å². The minimum atomic E-state index is -0.660. The lowest BCUT2D eigenvalue weighted by Gasteiger charge is -2.34. The van der Waals surface area contributed by atoms with Crippen molar-refractivity contribution in [2.24, 2.45) is 0 Å². The van der Waals surface area contributed by atoms with Crippen molar-refractivity contribution in [2.45, 2.75) is 59.6 Å². The molecule has 268 valence electrons. The van der Waals surface area contributed by atoms with Crippen LogP contribution in [0, 0.1) is 20.2 Å². The standard InChI is InChI=1S/C34H38N8O8S/c43-31(39-15-13-35-19-27(39)33(45)37-23-5-6-23)11-3-21-1-9-29(25(17-21)41(47)48)51-30-10-2-22(18-26(30)42(49)50)4-12-32(44)40-16-14-36-20-28(40)34(46)38-24-7-8-24/h1-4,9-12,17-18,23-24,27-28,35-36H,5-8,13-16,19-20H2,(H,37,45)(H,38,46)/b11-3+,12-4+. The first-order valence-corrected chi connectivity index (χ1v) is 17.6. The minimum absolute atomic E-state index is 0.151. The molecule has 0 radical (unpaired) electrons. The second kappa shape index (κ2) is 15.8. The number of nitro groups is 2. The van der Waals surface area contributed by atoms with Gasteiger partial charge in [-0.3, -0.25) is 39.4 Å². The molecular weight excluding hydrogens is 680 g/mol. The van der Waals surface area contributed by atoms with Crippen LogP contribution in [0.3, 0.4) is 0 Å². The third kappa shape index (κ3) is 9.16. The summed E-state index contributed by atoms with van der Waals surface area (Å²) >= 11 is 0.851. The molecule has 2 heterocycles. The Morgan fingerprint density at radius 2 is 1.12 bits per heavy atom. The molecule has 2 aromatic rings. The number of carbonyl (C=O) groups is 4. The molecule has 0 spiro atoms. The lowest BCUT2D eigenvalue weighted by Crippen LogP contribution is -2.59. The lowest BCUT2D eigenvalue weighted by atomic mass is 10.1. The molecule has 2 unspecified atom stereocenters. The maximum absolute atomic E-state index is 13.1. The summed E-state index contributed by atoms with van der Waals surface area (Å²) in [6.45, 7) is 2.39. The smallest absolute Gasteiger partial charge is 0.283 e. The Morgan fingerprint density at radius 1 is 0.706 bits per heavy atom. The van der Waals surface area contributed by atoms with Gasteiger partial charge in [0.2, 0.25) is 23.6 Å². The Morgan fingerprint density at radius 3 is 1.49 bits per heavy atom. The highest BCUT2D eigenvalue weighted by Gasteiger charge is 2.35. The zero-order chi connectivity index (χ0) is 36.1. The predicted molar refractivity (Wildman–Crippen MR) is 187 cm³/mol. The molecule has 2 atom stereocenters. The van der Waals surface area contributed by atoms with Gasteiger partial charge >= 0.3 is 0 Å². The first kappa shape index (κ1) is 35.7. The molecule has 0 bridgehead atoms. The normalized spacial score (nSPS) is 20.7. The van der Waals surface area contributed by atoms with Crippen molar-refractivity contribution >= 4 is 58.9 Å². The topological polar surface area (TPSA) is 209 Å². The molecule has 16 nitrogen and oxygen atoms in total. The van der Waals surface area contributed by atoms with E-state index in [2.05, 4.69) is 21.3 Å². The molecular formula is C34H38N8O8S. The fourth-order valence-corrected chi connectivity index (χ4v) is 6.82. The summed E-state index contributed by atoms with van der Waals surface area (Å²) in [5, 5.41) is 36.3. The molecule has 6 rings (SSSR count). The average Bonchev–Trinajstić information content (AvgIpc) is 4.08. The van der Waals surface area contributed by atoms with E-state index in [4.69, 9.17) is 0 Å². The summed E-state index contributed by atoms with van der Waals surface area (Å²) in [5.74, 6) is -1.22. The molecule has 4 fully saturated rings. The Bertz CT molecular complexity index is 1670. The minimum Gasteiger partial charge on any atom is -0.352 e. The van der Waals surface area contributed by atoms with Crippen LogP contribution in [0.4, 0.5) is 11.4 Å². The van der Waals surface area contributed by atoms with E-state index < -0.39 is 33.7 Å². The van der Waals surface area contributed by atoms with Crippen LogP contribution in [0.5, 0.6) is 0 Å². The van der Waals surface area contributed by atoms with Crippen LogP contribution in [0.1, 0.15) is 36.8 Å². The van der Waals surface area contributed by atoms with E-state index in [1.54, 1.807) is 12.1 Å². The quantitative estimate of drug-likeness (QED) is 0.141. The van der Waals surface area contributed by atoms with Gasteiger partial charge in [0.05, 0.1) is 19.6 Å². The third-order valence-corrected chi connectivity index (χ3v) is 10.1.